The van der Waals surface area contributed by atoms with Gasteiger partial charge in [0.25, 0.3) is 0 Å². The Kier molecular flexibility index (Phi) is 8.30. The first-order chi connectivity index (χ1) is 17.1. The zero-order valence-corrected chi connectivity index (χ0v) is 20.5. The smallest absolute Gasteiger partial charge is 0.343 e. The Balaban J connectivity index is 1.32. The number of aryl methyl sites for hydroxylation is 1. The topological polar surface area (TPSA) is 26.3 Å². The first kappa shape index (κ1) is 24.2. The minimum absolute atomic E-state index is 0.343. The molecule has 4 aromatic rings. The van der Waals surface area contributed by atoms with Crippen molar-refractivity contribution in [2.45, 2.75) is 39.0 Å². The summed E-state index contributed by atoms with van der Waals surface area (Å²) in [5, 5.41) is 0. The largest absolute Gasteiger partial charge is 0.423 e. The summed E-state index contributed by atoms with van der Waals surface area (Å²) in [5.41, 5.74) is 6.68. The number of carbonyl (C=O) groups is 1. The van der Waals surface area contributed by atoms with Crippen LogP contribution in [0, 0.1) is 0 Å². The number of ether oxygens (including phenoxy) is 1. The van der Waals surface area contributed by atoms with Crippen LogP contribution >= 0.6 is 0 Å². The van der Waals surface area contributed by atoms with Gasteiger partial charge in [0.15, 0.2) is 0 Å². The molecule has 1 atom stereocenters. The molecule has 0 aliphatic rings. The van der Waals surface area contributed by atoms with Gasteiger partial charge in [0.2, 0.25) is 0 Å². The van der Waals surface area contributed by atoms with E-state index in [1.165, 1.54) is 16.7 Å². The predicted molar refractivity (Wildman–Crippen MR) is 146 cm³/mol. The van der Waals surface area contributed by atoms with Gasteiger partial charge in [-0.05, 0) is 70.8 Å². The maximum Gasteiger partial charge on any atom is 0.343 e. The van der Waals surface area contributed by atoms with E-state index in [1.54, 1.807) is 0 Å². The SMILES string of the molecule is CCCc1ccc(OC(=O)c2ccc(C=Cc3ccc(C[C@@H](C)c4ccccc4)cc3)cc2)cc1. The van der Waals surface area contributed by atoms with E-state index in [0.29, 0.717) is 17.2 Å². The van der Waals surface area contributed by atoms with Crippen molar-refractivity contribution in [1.29, 1.82) is 0 Å². The summed E-state index contributed by atoms with van der Waals surface area (Å²) in [4.78, 5) is 12.5. The van der Waals surface area contributed by atoms with Crippen molar-refractivity contribution < 1.29 is 9.53 Å². The third-order valence-electron chi connectivity index (χ3n) is 6.18. The first-order valence-corrected chi connectivity index (χ1v) is 12.3. The Morgan fingerprint density at radius 2 is 1.31 bits per heavy atom. The summed E-state index contributed by atoms with van der Waals surface area (Å²) >= 11 is 0. The highest BCUT2D eigenvalue weighted by molar-refractivity contribution is 5.91. The molecule has 0 spiro atoms. The molecular formula is C33H32O2. The van der Waals surface area contributed by atoms with E-state index in [0.717, 1.165) is 30.4 Å². The molecule has 2 heteroatoms. The molecule has 0 aliphatic carbocycles. The van der Waals surface area contributed by atoms with Crippen LogP contribution in [0.5, 0.6) is 5.75 Å². The highest BCUT2D eigenvalue weighted by Crippen LogP contribution is 2.21. The maximum absolute atomic E-state index is 12.5. The second-order valence-electron chi connectivity index (χ2n) is 9.00. The fourth-order valence-corrected chi connectivity index (χ4v) is 4.12. The Bertz CT molecular complexity index is 1240. The fraction of sp³-hybridized carbons (Fsp3) is 0.182. The normalized spacial score (nSPS) is 11.9. The van der Waals surface area contributed by atoms with Crippen molar-refractivity contribution in [2.24, 2.45) is 0 Å². The minimum atomic E-state index is -0.343. The van der Waals surface area contributed by atoms with Crippen LogP contribution in [-0.2, 0) is 12.8 Å². The number of carbonyl (C=O) groups excluding carboxylic acids is 1. The molecule has 0 aliphatic heterocycles. The van der Waals surface area contributed by atoms with Gasteiger partial charge in [-0.15, -0.1) is 0 Å². The molecule has 2 nitrogen and oxygen atoms in total. The predicted octanol–water partition coefficient (Wildman–Crippen LogP) is 8.37. The number of rotatable bonds is 9. The number of hydrogen-bond acceptors (Lipinski definition) is 2. The second kappa shape index (κ2) is 12.0. The van der Waals surface area contributed by atoms with Gasteiger partial charge in [0.05, 0.1) is 5.56 Å². The molecule has 0 saturated heterocycles. The molecule has 35 heavy (non-hydrogen) atoms. The lowest BCUT2D eigenvalue weighted by atomic mass is 9.93. The first-order valence-electron chi connectivity index (χ1n) is 12.3. The molecule has 0 amide bonds. The summed E-state index contributed by atoms with van der Waals surface area (Å²) in [6, 6.07) is 34.6. The third kappa shape index (κ3) is 7.04. The third-order valence-corrected chi connectivity index (χ3v) is 6.18. The molecule has 0 unspecified atom stereocenters. The van der Waals surface area contributed by atoms with E-state index in [2.05, 4.69) is 80.6 Å². The van der Waals surface area contributed by atoms with Crippen LogP contribution < -0.4 is 4.74 Å². The number of benzene rings is 4. The molecule has 176 valence electrons. The fourth-order valence-electron chi connectivity index (χ4n) is 4.12. The van der Waals surface area contributed by atoms with Gasteiger partial charge < -0.3 is 4.74 Å². The Hall–Kier alpha value is -3.91. The van der Waals surface area contributed by atoms with Gasteiger partial charge in [0, 0.05) is 0 Å². The van der Waals surface area contributed by atoms with Crippen molar-refractivity contribution in [3.8, 4) is 5.75 Å². The van der Waals surface area contributed by atoms with Crippen LogP contribution in [0.25, 0.3) is 12.2 Å². The van der Waals surface area contributed by atoms with Crippen molar-refractivity contribution in [2.75, 3.05) is 0 Å². The summed E-state index contributed by atoms with van der Waals surface area (Å²) in [6.45, 7) is 4.42. The zero-order valence-electron chi connectivity index (χ0n) is 20.5. The van der Waals surface area contributed by atoms with E-state index in [4.69, 9.17) is 4.74 Å². The molecule has 0 fully saturated rings. The lowest BCUT2D eigenvalue weighted by molar-refractivity contribution is 0.0734. The van der Waals surface area contributed by atoms with Gasteiger partial charge in [-0.3, -0.25) is 0 Å². The molecule has 0 heterocycles. The average Bonchev–Trinajstić information content (AvgIpc) is 2.90. The zero-order chi connectivity index (χ0) is 24.5. The molecule has 0 N–H and O–H groups in total. The van der Waals surface area contributed by atoms with Crippen LogP contribution in [0.3, 0.4) is 0 Å². The summed E-state index contributed by atoms with van der Waals surface area (Å²) < 4.78 is 5.51. The number of esters is 1. The van der Waals surface area contributed by atoms with E-state index in [9.17, 15) is 4.79 Å². The minimum Gasteiger partial charge on any atom is -0.423 e. The quantitative estimate of drug-likeness (QED) is 0.142. The molecule has 0 bridgehead atoms. The molecule has 0 radical (unpaired) electrons. The molecule has 4 aromatic carbocycles. The molecular weight excluding hydrogens is 428 g/mol. The highest BCUT2D eigenvalue weighted by Gasteiger charge is 2.09. The second-order valence-corrected chi connectivity index (χ2v) is 9.00. The van der Waals surface area contributed by atoms with E-state index in [1.807, 2.05) is 48.5 Å². The van der Waals surface area contributed by atoms with Crippen LogP contribution in [0.1, 0.15) is 64.4 Å². The van der Waals surface area contributed by atoms with Crippen molar-refractivity contribution in [3.63, 3.8) is 0 Å². The lowest BCUT2D eigenvalue weighted by Crippen LogP contribution is -2.08. The van der Waals surface area contributed by atoms with Gasteiger partial charge >= 0.3 is 5.97 Å². The standard InChI is InChI=1S/C33H32O2/c1-3-7-26-18-22-32(23-19-26)35-33(34)31-20-16-28(17-21-31)11-10-27-12-14-29(15-13-27)24-25(2)30-8-5-4-6-9-30/h4-6,8-23,25H,3,7,24H2,1-2H3/t25-/m1/s1. The summed E-state index contributed by atoms with van der Waals surface area (Å²) in [5.74, 6) is 0.716. The van der Waals surface area contributed by atoms with E-state index < -0.39 is 0 Å². The monoisotopic (exact) mass is 460 g/mol. The van der Waals surface area contributed by atoms with Crippen molar-refractivity contribution in [1.82, 2.24) is 0 Å². The van der Waals surface area contributed by atoms with Gasteiger partial charge in [0.1, 0.15) is 5.75 Å². The van der Waals surface area contributed by atoms with E-state index in [-0.39, 0.29) is 5.97 Å². The average molecular weight is 461 g/mol. The van der Waals surface area contributed by atoms with Crippen molar-refractivity contribution >= 4 is 18.1 Å². The Morgan fingerprint density at radius 3 is 1.91 bits per heavy atom. The lowest BCUT2D eigenvalue weighted by Gasteiger charge is -2.12. The Labute approximate surface area is 208 Å². The summed E-state index contributed by atoms with van der Waals surface area (Å²) in [6.07, 6.45) is 7.30. The van der Waals surface area contributed by atoms with Crippen LogP contribution in [0.2, 0.25) is 0 Å². The van der Waals surface area contributed by atoms with Crippen LogP contribution in [0.4, 0.5) is 0 Å². The maximum atomic E-state index is 12.5. The Morgan fingerprint density at radius 1 is 0.743 bits per heavy atom. The molecule has 0 aromatic heterocycles. The highest BCUT2D eigenvalue weighted by atomic mass is 16.5. The number of hydrogen-bond donors (Lipinski definition) is 0. The van der Waals surface area contributed by atoms with Gasteiger partial charge in [-0.25, -0.2) is 4.79 Å². The van der Waals surface area contributed by atoms with Crippen LogP contribution in [0.15, 0.2) is 103 Å². The van der Waals surface area contributed by atoms with E-state index >= 15 is 0 Å². The molecule has 4 rings (SSSR count). The van der Waals surface area contributed by atoms with Gasteiger partial charge in [-0.1, -0.05) is 111 Å². The van der Waals surface area contributed by atoms with Crippen LogP contribution in [-0.4, -0.2) is 5.97 Å². The summed E-state index contributed by atoms with van der Waals surface area (Å²) in [7, 11) is 0. The van der Waals surface area contributed by atoms with Crippen molar-refractivity contribution in [3.05, 3.63) is 137 Å². The van der Waals surface area contributed by atoms with Gasteiger partial charge in [-0.2, -0.15) is 0 Å². The molecule has 0 saturated carbocycles.